The first-order valence-corrected chi connectivity index (χ1v) is 4.44. The van der Waals surface area contributed by atoms with Crippen LogP contribution < -0.4 is 0 Å². The summed E-state index contributed by atoms with van der Waals surface area (Å²) in [6, 6.07) is 6.20. The van der Waals surface area contributed by atoms with Gasteiger partial charge in [-0.3, -0.25) is 0 Å². The minimum Gasteiger partial charge on any atom is -0.204 e. The Morgan fingerprint density at radius 1 is 0.714 bits per heavy atom. The molecule has 2 aromatic rings. The maximum absolute atomic E-state index is 12.9. The Morgan fingerprint density at radius 3 is 1.43 bits per heavy atom. The average Bonchev–Trinajstić information content (AvgIpc) is 2.11. The van der Waals surface area contributed by atoms with E-state index in [9.17, 15) is 8.78 Å². The maximum Gasteiger partial charge on any atom is 0.159 e. The fraction of sp³-hybridized carbons (Fsp3) is 0.167. The number of rotatable bonds is 0. The molecule has 0 fully saturated rings. The second-order valence-corrected chi connectivity index (χ2v) is 3.55. The molecule has 0 saturated carbocycles. The number of hydrogen-bond donors (Lipinski definition) is 0. The zero-order valence-corrected chi connectivity index (χ0v) is 8.07. The highest BCUT2D eigenvalue weighted by molar-refractivity contribution is 5.84. The van der Waals surface area contributed by atoms with E-state index in [2.05, 4.69) is 0 Å². The topological polar surface area (TPSA) is 0 Å². The second-order valence-electron chi connectivity index (χ2n) is 3.55. The Balaban J connectivity index is 2.83. The Kier molecular flexibility index (Phi) is 1.99. The highest BCUT2D eigenvalue weighted by Gasteiger charge is 2.04. The fourth-order valence-electron chi connectivity index (χ4n) is 1.52. The predicted octanol–water partition coefficient (Wildman–Crippen LogP) is 3.73. The van der Waals surface area contributed by atoms with Crippen molar-refractivity contribution in [1.29, 1.82) is 0 Å². The standard InChI is InChI=1S/C12H10F2/c1-7-3-9-5-11(13)12(14)6-10(9)4-8(7)2/h3-6H,1-2H3. The third-order valence-corrected chi connectivity index (χ3v) is 2.49. The van der Waals surface area contributed by atoms with Gasteiger partial charge < -0.3 is 0 Å². The first-order valence-electron chi connectivity index (χ1n) is 4.44. The van der Waals surface area contributed by atoms with E-state index in [-0.39, 0.29) is 0 Å². The van der Waals surface area contributed by atoms with E-state index in [1.54, 1.807) is 0 Å². The van der Waals surface area contributed by atoms with Crippen molar-refractivity contribution in [2.24, 2.45) is 0 Å². The summed E-state index contributed by atoms with van der Waals surface area (Å²) in [4.78, 5) is 0. The van der Waals surface area contributed by atoms with Crippen molar-refractivity contribution in [1.82, 2.24) is 0 Å². The van der Waals surface area contributed by atoms with Crippen LogP contribution in [0, 0.1) is 25.5 Å². The van der Waals surface area contributed by atoms with E-state index in [0.717, 1.165) is 21.9 Å². The summed E-state index contributed by atoms with van der Waals surface area (Å²) in [7, 11) is 0. The van der Waals surface area contributed by atoms with Crippen LogP contribution >= 0.6 is 0 Å². The van der Waals surface area contributed by atoms with E-state index < -0.39 is 11.6 Å². The first-order chi connectivity index (χ1) is 6.58. The Labute approximate surface area is 81.2 Å². The molecule has 72 valence electrons. The van der Waals surface area contributed by atoms with E-state index in [1.807, 2.05) is 26.0 Å². The quantitative estimate of drug-likeness (QED) is 0.596. The molecule has 0 atom stereocenters. The zero-order valence-electron chi connectivity index (χ0n) is 8.07. The Morgan fingerprint density at radius 2 is 1.07 bits per heavy atom. The molecule has 0 aliphatic rings. The van der Waals surface area contributed by atoms with Gasteiger partial charge in [0.2, 0.25) is 0 Å². The molecule has 0 aliphatic carbocycles. The third-order valence-electron chi connectivity index (χ3n) is 2.49. The van der Waals surface area contributed by atoms with Crippen LogP contribution in [0.5, 0.6) is 0 Å². The summed E-state index contributed by atoms with van der Waals surface area (Å²) in [6.45, 7) is 3.91. The molecular weight excluding hydrogens is 182 g/mol. The van der Waals surface area contributed by atoms with Crippen LogP contribution in [0.15, 0.2) is 24.3 Å². The van der Waals surface area contributed by atoms with Gasteiger partial charge in [-0.25, -0.2) is 8.78 Å². The molecular formula is C12H10F2. The molecule has 0 saturated heterocycles. The summed E-state index contributed by atoms with van der Waals surface area (Å²) >= 11 is 0. The number of aryl methyl sites for hydroxylation is 2. The van der Waals surface area contributed by atoms with Gasteiger partial charge in [0.05, 0.1) is 0 Å². The van der Waals surface area contributed by atoms with Crippen LogP contribution in [0.25, 0.3) is 10.8 Å². The van der Waals surface area contributed by atoms with Gasteiger partial charge in [-0.15, -0.1) is 0 Å². The van der Waals surface area contributed by atoms with Crippen LogP contribution in [0.4, 0.5) is 8.78 Å². The number of benzene rings is 2. The minimum absolute atomic E-state index is 0.743. The molecule has 0 amide bonds. The predicted molar refractivity (Wildman–Crippen MR) is 53.3 cm³/mol. The molecule has 0 spiro atoms. The van der Waals surface area contributed by atoms with E-state index in [4.69, 9.17) is 0 Å². The van der Waals surface area contributed by atoms with Crippen molar-refractivity contribution >= 4 is 10.8 Å². The summed E-state index contributed by atoms with van der Waals surface area (Å²) in [5, 5.41) is 1.49. The minimum atomic E-state index is -0.791. The maximum atomic E-state index is 12.9. The molecule has 0 radical (unpaired) electrons. The lowest BCUT2D eigenvalue weighted by molar-refractivity contribution is 0.511. The lowest BCUT2D eigenvalue weighted by atomic mass is 10.0. The molecule has 0 bridgehead atoms. The lowest BCUT2D eigenvalue weighted by Crippen LogP contribution is -1.87. The monoisotopic (exact) mass is 192 g/mol. The molecule has 0 aromatic heterocycles. The molecule has 0 unspecified atom stereocenters. The second kappa shape index (κ2) is 3.05. The third kappa shape index (κ3) is 1.37. The highest BCUT2D eigenvalue weighted by atomic mass is 19.2. The molecule has 0 aliphatic heterocycles. The van der Waals surface area contributed by atoms with Crippen LogP contribution in [-0.2, 0) is 0 Å². The highest BCUT2D eigenvalue weighted by Crippen LogP contribution is 2.22. The van der Waals surface area contributed by atoms with E-state index in [0.29, 0.717) is 0 Å². The van der Waals surface area contributed by atoms with E-state index >= 15 is 0 Å². The van der Waals surface area contributed by atoms with Gasteiger partial charge in [0.1, 0.15) is 0 Å². The normalized spacial score (nSPS) is 10.9. The number of fused-ring (bicyclic) bond motifs is 1. The van der Waals surface area contributed by atoms with Crippen molar-refractivity contribution in [2.75, 3.05) is 0 Å². The van der Waals surface area contributed by atoms with Gasteiger partial charge in [-0.05, 0) is 47.9 Å². The summed E-state index contributed by atoms with van der Waals surface area (Å²) < 4.78 is 25.8. The summed E-state index contributed by atoms with van der Waals surface area (Å²) in [5.41, 5.74) is 2.17. The molecule has 2 rings (SSSR count). The number of halogens is 2. The van der Waals surface area contributed by atoms with Gasteiger partial charge in [-0.2, -0.15) is 0 Å². The van der Waals surface area contributed by atoms with Crippen molar-refractivity contribution < 1.29 is 8.78 Å². The van der Waals surface area contributed by atoms with Crippen molar-refractivity contribution in [3.8, 4) is 0 Å². The van der Waals surface area contributed by atoms with Crippen LogP contribution in [-0.4, -0.2) is 0 Å². The van der Waals surface area contributed by atoms with Gasteiger partial charge in [-0.1, -0.05) is 12.1 Å². The Hall–Kier alpha value is -1.44. The van der Waals surface area contributed by atoms with Crippen LogP contribution in [0.2, 0.25) is 0 Å². The van der Waals surface area contributed by atoms with Gasteiger partial charge in [0, 0.05) is 0 Å². The summed E-state index contributed by atoms with van der Waals surface area (Å²) in [6.07, 6.45) is 0. The van der Waals surface area contributed by atoms with Gasteiger partial charge in [0.15, 0.2) is 11.6 Å². The SMILES string of the molecule is Cc1cc2cc(F)c(F)cc2cc1C. The molecule has 2 aromatic carbocycles. The van der Waals surface area contributed by atoms with Gasteiger partial charge >= 0.3 is 0 Å². The van der Waals surface area contributed by atoms with E-state index in [1.165, 1.54) is 12.1 Å². The molecule has 0 N–H and O–H groups in total. The van der Waals surface area contributed by atoms with Crippen molar-refractivity contribution in [3.63, 3.8) is 0 Å². The van der Waals surface area contributed by atoms with Crippen LogP contribution in [0.1, 0.15) is 11.1 Å². The number of hydrogen-bond acceptors (Lipinski definition) is 0. The van der Waals surface area contributed by atoms with Crippen molar-refractivity contribution in [3.05, 3.63) is 47.0 Å². The average molecular weight is 192 g/mol. The fourth-order valence-corrected chi connectivity index (χ4v) is 1.52. The Bertz CT molecular complexity index is 412. The van der Waals surface area contributed by atoms with Crippen LogP contribution in [0.3, 0.4) is 0 Å². The lowest BCUT2D eigenvalue weighted by Gasteiger charge is -2.04. The molecule has 2 heteroatoms. The molecule has 14 heavy (non-hydrogen) atoms. The molecule has 0 heterocycles. The van der Waals surface area contributed by atoms with Crippen molar-refractivity contribution in [2.45, 2.75) is 13.8 Å². The molecule has 0 nitrogen and oxygen atoms in total. The van der Waals surface area contributed by atoms with Gasteiger partial charge in [0.25, 0.3) is 0 Å². The first kappa shape index (κ1) is 9.13. The largest absolute Gasteiger partial charge is 0.204 e. The smallest absolute Gasteiger partial charge is 0.159 e. The summed E-state index contributed by atoms with van der Waals surface area (Å²) in [5.74, 6) is -1.58. The zero-order chi connectivity index (χ0) is 10.3.